The summed E-state index contributed by atoms with van der Waals surface area (Å²) in [5.41, 5.74) is 3.17. The molecule has 0 aliphatic heterocycles. The van der Waals surface area contributed by atoms with Gasteiger partial charge in [-0.15, -0.1) is 0 Å². The predicted molar refractivity (Wildman–Crippen MR) is 138 cm³/mol. The number of hydrogen-bond acceptors (Lipinski definition) is 3. The Morgan fingerprint density at radius 2 is 1.58 bits per heavy atom. The van der Waals surface area contributed by atoms with Gasteiger partial charge < -0.3 is 9.67 Å². The number of carboxylic acids is 1. The second-order valence-electron chi connectivity index (χ2n) is 8.92. The number of Topliss-reactive ketones (excluding diaryl/α,β-unsaturated/α-hetero) is 1. The summed E-state index contributed by atoms with van der Waals surface area (Å²) >= 11 is 0. The molecule has 0 saturated carbocycles. The van der Waals surface area contributed by atoms with E-state index in [1.807, 2.05) is 18.2 Å². The van der Waals surface area contributed by atoms with Crippen molar-refractivity contribution < 1.29 is 27.9 Å². The molecule has 8 heteroatoms. The smallest absolute Gasteiger partial charge is 0.416 e. The Balaban J connectivity index is 1.76. The molecule has 0 atom stereocenters. The molecule has 0 unspecified atom stereocenters. The Bertz CT molecular complexity index is 1690. The first-order chi connectivity index (χ1) is 18.1. The number of carbonyl (C=O) groups excluding carboxylic acids is 1. The predicted octanol–water partition coefficient (Wildman–Crippen LogP) is 7.34. The number of pyridine rings is 1. The molecule has 5 aromatic rings. The number of rotatable bonds is 6. The molecule has 0 radical (unpaired) electrons. The summed E-state index contributed by atoms with van der Waals surface area (Å²) in [7, 11) is 0. The number of carboxylic acid groups (broad SMARTS) is 1. The van der Waals surface area contributed by atoms with E-state index in [0.717, 1.165) is 23.3 Å². The largest absolute Gasteiger partial charge is 0.477 e. The number of fused-ring (bicyclic) bond motifs is 1. The van der Waals surface area contributed by atoms with Gasteiger partial charge in [-0.1, -0.05) is 36.4 Å². The number of halogens is 3. The van der Waals surface area contributed by atoms with E-state index in [0.29, 0.717) is 33.2 Å². The Hall–Kier alpha value is -4.72. The second-order valence-corrected chi connectivity index (χ2v) is 8.92. The minimum absolute atomic E-state index is 0.0433. The summed E-state index contributed by atoms with van der Waals surface area (Å²) in [6, 6.07) is 20.8. The van der Waals surface area contributed by atoms with E-state index in [1.54, 1.807) is 54.9 Å². The standard InChI is InChI=1S/C30H21F3N2O3/c1-18(36)21-5-3-6-22(15-21)23-8-9-26-25(16-23)27(20-10-12-34-13-11-20)28(29(37)38)35(26)17-19-4-2-7-24(14-19)30(31,32)33/h2-16H,17H2,1H3,(H,37,38). The number of carbonyl (C=O) groups is 2. The van der Waals surface area contributed by atoms with Crippen molar-refractivity contribution in [3.8, 4) is 22.3 Å². The Labute approximate surface area is 215 Å². The molecule has 2 aromatic heterocycles. The van der Waals surface area contributed by atoms with Gasteiger partial charge in [0.25, 0.3) is 0 Å². The fraction of sp³-hybridized carbons (Fsp3) is 0.100. The van der Waals surface area contributed by atoms with Crippen molar-refractivity contribution in [3.05, 3.63) is 114 Å². The first kappa shape index (κ1) is 25.0. The third kappa shape index (κ3) is 4.68. The van der Waals surface area contributed by atoms with Crippen LogP contribution in [0.15, 0.2) is 91.3 Å². The fourth-order valence-corrected chi connectivity index (χ4v) is 4.68. The fourth-order valence-electron chi connectivity index (χ4n) is 4.68. The summed E-state index contributed by atoms with van der Waals surface area (Å²) < 4.78 is 41.6. The Morgan fingerprint density at radius 1 is 0.868 bits per heavy atom. The maximum atomic E-state index is 13.3. The average molecular weight is 515 g/mol. The molecule has 0 spiro atoms. The highest BCUT2D eigenvalue weighted by molar-refractivity contribution is 6.09. The van der Waals surface area contributed by atoms with Crippen molar-refractivity contribution in [1.82, 2.24) is 9.55 Å². The lowest BCUT2D eigenvalue weighted by molar-refractivity contribution is -0.137. The van der Waals surface area contributed by atoms with Gasteiger partial charge in [0.05, 0.1) is 5.56 Å². The van der Waals surface area contributed by atoms with E-state index in [-0.39, 0.29) is 18.0 Å². The van der Waals surface area contributed by atoms with E-state index >= 15 is 0 Å². The Kier molecular flexibility index (Phi) is 6.32. The zero-order chi connectivity index (χ0) is 27.0. The number of aromatic nitrogens is 2. The number of ketones is 1. The highest BCUT2D eigenvalue weighted by Crippen LogP contribution is 2.38. The quantitative estimate of drug-likeness (QED) is 0.241. The molecule has 0 saturated heterocycles. The third-order valence-electron chi connectivity index (χ3n) is 6.43. The molecule has 5 nitrogen and oxygen atoms in total. The van der Waals surface area contributed by atoms with Crippen molar-refractivity contribution >= 4 is 22.7 Å². The van der Waals surface area contributed by atoms with Gasteiger partial charge in [-0.2, -0.15) is 13.2 Å². The van der Waals surface area contributed by atoms with E-state index in [2.05, 4.69) is 4.98 Å². The topological polar surface area (TPSA) is 72.2 Å². The monoisotopic (exact) mass is 514 g/mol. The molecule has 1 N–H and O–H groups in total. The molecule has 190 valence electrons. The highest BCUT2D eigenvalue weighted by Gasteiger charge is 2.31. The number of benzene rings is 3. The molecule has 0 fully saturated rings. The van der Waals surface area contributed by atoms with Crippen LogP contribution in [0.2, 0.25) is 0 Å². The lowest BCUT2D eigenvalue weighted by Crippen LogP contribution is -2.11. The van der Waals surface area contributed by atoms with E-state index < -0.39 is 17.7 Å². The van der Waals surface area contributed by atoms with Crippen LogP contribution in [-0.4, -0.2) is 26.4 Å². The van der Waals surface area contributed by atoms with E-state index in [1.165, 1.54) is 17.6 Å². The van der Waals surface area contributed by atoms with Gasteiger partial charge in [0.1, 0.15) is 5.69 Å². The van der Waals surface area contributed by atoms with Gasteiger partial charge in [-0.05, 0) is 71.6 Å². The average Bonchev–Trinajstić information content (AvgIpc) is 3.22. The van der Waals surface area contributed by atoms with Crippen LogP contribution in [0.3, 0.4) is 0 Å². The van der Waals surface area contributed by atoms with Crippen LogP contribution in [0, 0.1) is 0 Å². The SMILES string of the molecule is CC(=O)c1cccc(-c2ccc3c(c2)c(-c2ccncc2)c(C(=O)O)n3Cc2cccc(C(F)(F)F)c2)c1. The molecule has 38 heavy (non-hydrogen) atoms. The van der Waals surface area contributed by atoms with Gasteiger partial charge in [0.2, 0.25) is 0 Å². The minimum Gasteiger partial charge on any atom is -0.477 e. The molecule has 3 aromatic carbocycles. The molecule has 2 heterocycles. The van der Waals surface area contributed by atoms with Crippen molar-refractivity contribution in [1.29, 1.82) is 0 Å². The first-order valence-electron chi connectivity index (χ1n) is 11.7. The van der Waals surface area contributed by atoms with Gasteiger partial charge >= 0.3 is 12.1 Å². The van der Waals surface area contributed by atoms with Crippen molar-refractivity contribution in [2.24, 2.45) is 0 Å². The van der Waals surface area contributed by atoms with Crippen LogP contribution in [0.5, 0.6) is 0 Å². The van der Waals surface area contributed by atoms with Crippen LogP contribution in [-0.2, 0) is 12.7 Å². The highest BCUT2D eigenvalue weighted by atomic mass is 19.4. The van der Waals surface area contributed by atoms with Gasteiger partial charge in [0, 0.05) is 41.0 Å². The molecule has 0 bridgehead atoms. The molecular formula is C30H21F3N2O3. The minimum atomic E-state index is -4.52. The zero-order valence-electron chi connectivity index (χ0n) is 20.2. The number of alkyl halides is 3. The van der Waals surface area contributed by atoms with Crippen molar-refractivity contribution in [2.45, 2.75) is 19.6 Å². The maximum absolute atomic E-state index is 13.3. The lowest BCUT2D eigenvalue weighted by Gasteiger charge is -2.12. The van der Waals surface area contributed by atoms with Crippen molar-refractivity contribution in [2.75, 3.05) is 0 Å². The number of nitrogens with zero attached hydrogens (tertiary/aromatic N) is 2. The summed E-state index contributed by atoms with van der Waals surface area (Å²) in [6.07, 6.45) is -1.41. The van der Waals surface area contributed by atoms with Crippen molar-refractivity contribution in [3.63, 3.8) is 0 Å². The molecular weight excluding hydrogens is 493 g/mol. The van der Waals surface area contributed by atoms with E-state index in [9.17, 15) is 27.9 Å². The lowest BCUT2D eigenvalue weighted by atomic mass is 9.97. The summed E-state index contributed by atoms with van der Waals surface area (Å²) in [5.74, 6) is -1.29. The third-order valence-corrected chi connectivity index (χ3v) is 6.43. The molecule has 0 aliphatic carbocycles. The van der Waals surface area contributed by atoms with Gasteiger partial charge in [-0.3, -0.25) is 9.78 Å². The van der Waals surface area contributed by atoms with Crippen LogP contribution < -0.4 is 0 Å². The van der Waals surface area contributed by atoms with Gasteiger partial charge in [0.15, 0.2) is 5.78 Å². The maximum Gasteiger partial charge on any atom is 0.416 e. The van der Waals surface area contributed by atoms with Crippen LogP contribution >= 0.6 is 0 Å². The van der Waals surface area contributed by atoms with Crippen LogP contribution in [0.4, 0.5) is 13.2 Å². The number of hydrogen-bond donors (Lipinski definition) is 1. The first-order valence-corrected chi connectivity index (χ1v) is 11.7. The Morgan fingerprint density at radius 3 is 2.26 bits per heavy atom. The summed E-state index contributed by atoms with van der Waals surface area (Å²) in [5, 5.41) is 10.9. The van der Waals surface area contributed by atoms with Gasteiger partial charge in [-0.25, -0.2) is 4.79 Å². The molecule has 0 aliphatic rings. The van der Waals surface area contributed by atoms with Crippen LogP contribution in [0.1, 0.15) is 38.9 Å². The second kappa shape index (κ2) is 9.63. The molecule has 5 rings (SSSR count). The summed E-state index contributed by atoms with van der Waals surface area (Å²) in [6.45, 7) is 1.41. The normalized spacial score (nSPS) is 11.6. The molecule has 0 amide bonds. The van der Waals surface area contributed by atoms with E-state index in [4.69, 9.17) is 0 Å². The number of aromatic carboxylic acids is 1. The van der Waals surface area contributed by atoms with Crippen LogP contribution in [0.25, 0.3) is 33.2 Å². The zero-order valence-corrected chi connectivity index (χ0v) is 20.2. The summed E-state index contributed by atoms with van der Waals surface area (Å²) in [4.78, 5) is 28.6.